The molecule has 0 saturated heterocycles. The number of aryl methyl sites for hydroxylation is 1. The molecule has 0 radical (unpaired) electrons. The number of anilines is 1. The van der Waals surface area contributed by atoms with Crippen LogP contribution in [0.4, 0.5) is 10.1 Å². The molecule has 0 saturated carbocycles. The predicted octanol–water partition coefficient (Wildman–Crippen LogP) is 4.53. The fourth-order valence-corrected chi connectivity index (χ4v) is 3.51. The molecule has 2 aromatic carbocycles. The summed E-state index contributed by atoms with van der Waals surface area (Å²) in [6.45, 7) is 2.02. The molecule has 0 spiro atoms. The zero-order chi connectivity index (χ0) is 14.8. The van der Waals surface area contributed by atoms with Gasteiger partial charge in [0.2, 0.25) is 5.91 Å². The zero-order valence-electron chi connectivity index (χ0n) is 11.5. The monoisotopic (exact) mass is 299 g/mol. The van der Waals surface area contributed by atoms with Crippen molar-refractivity contribution in [2.45, 2.75) is 13.3 Å². The first-order chi connectivity index (χ1) is 10.1. The van der Waals surface area contributed by atoms with Crippen LogP contribution in [0.15, 0.2) is 48.5 Å². The average Bonchev–Trinajstić information content (AvgIpc) is 2.78. The summed E-state index contributed by atoms with van der Waals surface area (Å²) >= 11 is 1.61. The standard InChI is InChI=1S/C17H14FNOS/c1-11-12-6-2-5-9-15(12)21-16(11)10-17(20)19-14-8-4-3-7-13(14)18/h2-9H,10H2,1H3,(H,19,20). The summed E-state index contributed by atoms with van der Waals surface area (Å²) in [6.07, 6.45) is 0.263. The third-order valence-corrected chi connectivity index (χ3v) is 4.68. The Balaban J connectivity index is 1.81. The van der Waals surface area contributed by atoms with Gasteiger partial charge in [-0.25, -0.2) is 4.39 Å². The molecule has 3 aromatic rings. The molecule has 21 heavy (non-hydrogen) atoms. The van der Waals surface area contributed by atoms with Crippen LogP contribution in [0.1, 0.15) is 10.4 Å². The number of carbonyl (C=O) groups is 1. The molecule has 0 aliphatic rings. The lowest BCUT2D eigenvalue weighted by molar-refractivity contribution is -0.115. The Hall–Kier alpha value is -2.20. The van der Waals surface area contributed by atoms with E-state index < -0.39 is 5.82 Å². The van der Waals surface area contributed by atoms with Crippen LogP contribution >= 0.6 is 11.3 Å². The molecule has 1 N–H and O–H groups in total. The number of hydrogen-bond donors (Lipinski definition) is 1. The van der Waals surface area contributed by atoms with E-state index in [1.165, 1.54) is 16.2 Å². The largest absolute Gasteiger partial charge is 0.323 e. The quantitative estimate of drug-likeness (QED) is 0.756. The molecule has 0 unspecified atom stereocenters. The van der Waals surface area contributed by atoms with Gasteiger partial charge < -0.3 is 5.32 Å². The lowest BCUT2D eigenvalue weighted by Crippen LogP contribution is -2.15. The maximum absolute atomic E-state index is 13.5. The highest BCUT2D eigenvalue weighted by Gasteiger charge is 2.13. The van der Waals surface area contributed by atoms with Crippen LogP contribution in [0.25, 0.3) is 10.1 Å². The maximum Gasteiger partial charge on any atom is 0.229 e. The molecule has 106 valence electrons. The Kier molecular flexibility index (Phi) is 3.71. The van der Waals surface area contributed by atoms with Crippen LogP contribution in [0.2, 0.25) is 0 Å². The normalized spacial score (nSPS) is 10.8. The molecule has 1 amide bonds. The molecule has 0 bridgehead atoms. The smallest absolute Gasteiger partial charge is 0.229 e. The number of nitrogens with one attached hydrogen (secondary N) is 1. The highest BCUT2D eigenvalue weighted by molar-refractivity contribution is 7.19. The van der Waals surface area contributed by atoms with E-state index >= 15 is 0 Å². The minimum Gasteiger partial charge on any atom is -0.323 e. The molecule has 1 aromatic heterocycles. The van der Waals surface area contributed by atoms with Crippen LogP contribution in [0.3, 0.4) is 0 Å². The van der Waals surface area contributed by atoms with Crippen molar-refractivity contribution < 1.29 is 9.18 Å². The van der Waals surface area contributed by atoms with E-state index in [1.807, 2.05) is 25.1 Å². The van der Waals surface area contributed by atoms with Gasteiger partial charge in [-0.15, -0.1) is 11.3 Å². The SMILES string of the molecule is Cc1c(CC(=O)Nc2ccccc2F)sc2ccccc12. The van der Waals surface area contributed by atoms with Crippen molar-refractivity contribution in [3.63, 3.8) is 0 Å². The summed E-state index contributed by atoms with van der Waals surface area (Å²) in [7, 11) is 0. The number of hydrogen-bond acceptors (Lipinski definition) is 2. The van der Waals surface area contributed by atoms with Crippen molar-refractivity contribution in [1.29, 1.82) is 0 Å². The molecular weight excluding hydrogens is 285 g/mol. The molecule has 0 fully saturated rings. The first kappa shape index (κ1) is 13.8. The summed E-state index contributed by atoms with van der Waals surface area (Å²) in [4.78, 5) is 13.1. The van der Waals surface area contributed by atoms with Crippen molar-refractivity contribution in [1.82, 2.24) is 0 Å². The Bertz CT molecular complexity index is 809. The Morgan fingerprint density at radius 1 is 1.14 bits per heavy atom. The molecule has 1 heterocycles. The van der Waals surface area contributed by atoms with E-state index in [-0.39, 0.29) is 18.0 Å². The third kappa shape index (κ3) is 2.81. The molecule has 2 nitrogen and oxygen atoms in total. The molecule has 3 rings (SSSR count). The van der Waals surface area contributed by atoms with Crippen molar-refractivity contribution in [3.05, 3.63) is 64.8 Å². The van der Waals surface area contributed by atoms with Gasteiger partial charge in [-0.05, 0) is 36.1 Å². The fourth-order valence-electron chi connectivity index (χ4n) is 2.30. The number of amides is 1. The van der Waals surface area contributed by atoms with Gasteiger partial charge in [0.1, 0.15) is 5.82 Å². The van der Waals surface area contributed by atoms with Gasteiger partial charge in [0, 0.05) is 9.58 Å². The summed E-state index contributed by atoms with van der Waals surface area (Å²) in [5.41, 5.74) is 1.35. The summed E-state index contributed by atoms with van der Waals surface area (Å²) in [6, 6.07) is 14.3. The van der Waals surface area contributed by atoms with Crippen LogP contribution in [0, 0.1) is 12.7 Å². The minimum absolute atomic E-state index is 0.199. The molecule has 0 aliphatic heterocycles. The van der Waals surface area contributed by atoms with E-state index in [0.717, 1.165) is 10.4 Å². The maximum atomic E-state index is 13.5. The molecule has 4 heteroatoms. The summed E-state index contributed by atoms with van der Waals surface area (Å²) < 4.78 is 14.7. The number of thiophene rings is 1. The Labute approximate surface area is 126 Å². The average molecular weight is 299 g/mol. The number of para-hydroxylation sites is 1. The Morgan fingerprint density at radius 2 is 1.86 bits per heavy atom. The van der Waals surface area contributed by atoms with Gasteiger partial charge in [-0.3, -0.25) is 4.79 Å². The van der Waals surface area contributed by atoms with Gasteiger partial charge in [0.15, 0.2) is 0 Å². The fraction of sp³-hybridized carbons (Fsp3) is 0.118. The van der Waals surface area contributed by atoms with E-state index in [1.54, 1.807) is 29.5 Å². The van der Waals surface area contributed by atoms with Crippen LogP contribution < -0.4 is 5.32 Å². The van der Waals surface area contributed by atoms with E-state index in [0.29, 0.717) is 0 Å². The van der Waals surface area contributed by atoms with Crippen molar-refractivity contribution in [2.24, 2.45) is 0 Å². The number of benzene rings is 2. The molecule has 0 aliphatic carbocycles. The number of halogens is 1. The molecular formula is C17H14FNOS. The van der Waals surface area contributed by atoms with Gasteiger partial charge in [0.05, 0.1) is 12.1 Å². The lowest BCUT2D eigenvalue weighted by atomic mass is 10.1. The Morgan fingerprint density at radius 3 is 2.62 bits per heavy atom. The first-order valence-electron chi connectivity index (χ1n) is 6.66. The second-order valence-corrected chi connectivity index (χ2v) is 5.99. The van der Waals surface area contributed by atoms with E-state index in [2.05, 4.69) is 11.4 Å². The van der Waals surface area contributed by atoms with Gasteiger partial charge in [-0.2, -0.15) is 0 Å². The van der Waals surface area contributed by atoms with Crippen molar-refractivity contribution >= 4 is 33.0 Å². The minimum atomic E-state index is -0.418. The van der Waals surface area contributed by atoms with Crippen LogP contribution in [-0.4, -0.2) is 5.91 Å². The lowest BCUT2D eigenvalue weighted by Gasteiger charge is -2.05. The van der Waals surface area contributed by atoms with Gasteiger partial charge in [-0.1, -0.05) is 30.3 Å². The van der Waals surface area contributed by atoms with E-state index in [4.69, 9.17) is 0 Å². The molecule has 0 atom stereocenters. The number of rotatable bonds is 3. The van der Waals surface area contributed by atoms with Gasteiger partial charge in [0.25, 0.3) is 0 Å². The first-order valence-corrected chi connectivity index (χ1v) is 7.48. The highest BCUT2D eigenvalue weighted by Crippen LogP contribution is 2.31. The van der Waals surface area contributed by atoms with E-state index in [9.17, 15) is 9.18 Å². The third-order valence-electron chi connectivity index (χ3n) is 3.41. The topological polar surface area (TPSA) is 29.1 Å². The second-order valence-electron chi connectivity index (χ2n) is 4.85. The second kappa shape index (κ2) is 5.66. The zero-order valence-corrected chi connectivity index (χ0v) is 12.3. The van der Waals surface area contributed by atoms with Crippen molar-refractivity contribution in [2.75, 3.05) is 5.32 Å². The number of carbonyl (C=O) groups excluding carboxylic acids is 1. The van der Waals surface area contributed by atoms with Gasteiger partial charge >= 0.3 is 0 Å². The van der Waals surface area contributed by atoms with Crippen LogP contribution in [0.5, 0.6) is 0 Å². The summed E-state index contributed by atoms with van der Waals surface area (Å²) in [5, 5.41) is 3.80. The predicted molar refractivity (Wildman–Crippen MR) is 85.3 cm³/mol. The highest BCUT2D eigenvalue weighted by atomic mass is 32.1. The number of fused-ring (bicyclic) bond motifs is 1. The van der Waals surface area contributed by atoms with Crippen molar-refractivity contribution in [3.8, 4) is 0 Å². The van der Waals surface area contributed by atoms with Crippen LogP contribution in [-0.2, 0) is 11.2 Å². The summed E-state index contributed by atoms with van der Waals surface area (Å²) in [5.74, 6) is -0.617.